The molecule has 0 aliphatic heterocycles. The van der Waals surface area contributed by atoms with Gasteiger partial charge in [-0.3, -0.25) is 4.98 Å². The fourth-order valence-electron chi connectivity index (χ4n) is 3.14. The van der Waals surface area contributed by atoms with Crippen LogP contribution in [0.25, 0.3) is 16.8 Å². The number of hydrogen-bond acceptors (Lipinski definition) is 6. The van der Waals surface area contributed by atoms with E-state index in [9.17, 15) is 0 Å². The Morgan fingerprint density at radius 2 is 1.94 bits per heavy atom. The van der Waals surface area contributed by atoms with Crippen LogP contribution in [-0.4, -0.2) is 25.6 Å². The van der Waals surface area contributed by atoms with Gasteiger partial charge in [0.05, 0.1) is 5.69 Å². The SMILES string of the molecule is C=C(C)c1nc(Cc2ccc(-c3ccccc3/C(=N/N)NN)nc2)n(CCCC)n1.CC. The largest absolute Gasteiger partial charge is 0.321 e. The molecule has 2 aromatic heterocycles. The quantitative estimate of drug-likeness (QED) is 0.214. The van der Waals surface area contributed by atoms with Gasteiger partial charge in [0, 0.05) is 30.3 Å². The van der Waals surface area contributed by atoms with Crippen molar-refractivity contribution in [2.24, 2.45) is 16.8 Å². The Labute approximate surface area is 190 Å². The Bertz CT molecular complexity index is 1030. The number of unbranched alkanes of at least 4 members (excludes halogenated alkanes) is 1. The summed E-state index contributed by atoms with van der Waals surface area (Å²) in [6.45, 7) is 12.9. The lowest BCUT2D eigenvalue weighted by Gasteiger charge is -2.11. The summed E-state index contributed by atoms with van der Waals surface area (Å²) < 4.78 is 1.98. The number of nitrogens with zero attached hydrogens (tertiary/aromatic N) is 5. The number of nitrogens with one attached hydrogen (secondary N) is 1. The average molecular weight is 435 g/mol. The van der Waals surface area contributed by atoms with E-state index < -0.39 is 0 Å². The summed E-state index contributed by atoms with van der Waals surface area (Å²) in [6, 6.07) is 11.7. The monoisotopic (exact) mass is 434 g/mol. The highest BCUT2D eigenvalue weighted by Crippen LogP contribution is 2.23. The molecule has 2 heterocycles. The second-order valence-corrected chi connectivity index (χ2v) is 7.10. The summed E-state index contributed by atoms with van der Waals surface area (Å²) >= 11 is 0. The number of hydrazine groups is 1. The van der Waals surface area contributed by atoms with Crippen molar-refractivity contribution in [2.75, 3.05) is 0 Å². The Hall–Kier alpha value is -3.52. The van der Waals surface area contributed by atoms with Crippen LogP contribution in [0, 0.1) is 0 Å². The van der Waals surface area contributed by atoms with Crippen molar-refractivity contribution in [2.45, 2.75) is 53.5 Å². The standard InChI is InChI=1S/C22H28N8.C2H6/c1-4-5-12-30-20(26-21(29-30)15(2)3)13-16-10-11-19(25-14-16)17-8-6-7-9-18(17)22(27-23)28-24;1-2/h6-11,14H,2,4-5,12-13,23-24H2,1,3H3,(H,27,28);1-2H3. The lowest BCUT2D eigenvalue weighted by molar-refractivity contribution is 0.549. The van der Waals surface area contributed by atoms with E-state index in [1.807, 2.05) is 68.0 Å². The van der Waals surface area contributed by atoms with E-state index in [0.29, 0.717) is 18.1 Å². The number of hydrogen-bond donors (Lipinski definition) is 3. The van der Waals surface area contributed by atoms with Crippen LogP contribution in [0.2, 0.25) is 0 Å². The Kier molecular flexibility index (Phi) is 9.56. The first-order chi connectivity index (χ1) is 15.6. The van der Waals surface area contributed by atoms with Gasteiger partial charge in [0.15, 0.2) is 11.7 Å². The number of pyridine rings is 1. The van der Waals surface area contributed by atoms with E-state index in [1.165, 1.54) is 0 Å². The van der Waals surface area contributed by atoms with Crippen LogP contribution >= 0.6 is 0 Å². The molecule has 8 nitrogen and oxygen atoms in total. The van der Waals surface area contributed by atoms with Crippen LogP contribution in [0.4, 0.5) is 0 Å². The number of benzene rings is 1. The summed E-state index contributed by atoms with van der Waals surface area (Å²) in [5, 5.41) is 8.31. The summed E-state index contributed by atoms with van der Waals surface area (Å²) in [5.41, 5.74) is 6.93. The third kappa shape index (κ3) is 6.01. The Morgan fingerprint density at radius 3 is 2.53 bits per heavy atom. The molecule has 1 aromatic carbocycles. The molecule has 3 rings (SSSR count). The summed E-state index contributed by atoms with van der Waals surface area (Å²) in [5.74, 6) is 13.0. The van der Waals surface area contributed by atoms with Crippen molar-refractivity contribution in [3.8, 4) is 11.3 Å². The van der Waals surface area contributed by atoms with Crippen molar-refractivity contribution in [1.29, 1.82) is 0 Å². The van der Waals surface area contributed by atoms with Crippen molar-refractivity contribution >= 4 is 11.4 Å². The molecule has 0 saturated heterocycles. The number of amidine groups is 1. The molecule has 5 N–H and O–H groups in total. The third-order valence-electron chi connectivity index (χ3n) is 4.76. The molecule has 0 aliphatic rings. The van der Waals surface area contributed by atoms with Crippen LogP contribution in [0.15, 0.2) is 54.3 Å². The van der Waals surface area contributed by atoms with Gasteiger partial charge in [0.2, 0.25) is 0 Å². The summed E-state index contributed by atoms with van der Waals surface area (Å²) in [4.78, 5) is 9.32. The molecule has 0 radical (unpaired) electrons. The van der Waals surface area contributed by atoms with Crippen molar-refractivity contribution in [1.82, 2.24) is 25.2 Å². The van der Waals surface area contributed by atoms with Crippen molar-refractivity contribution < 1.29 is 0 Å². The molecule has 0 atom stereocenters. The molecule has 8 heteroatoms. The predicted octanol–water partition coefficient (Wildman–Crippen LogP) is 3.87. The first-order valence-electron chi connectivity index (χ1n) is 11.0. The van der Waals surface area contributed by atoms with Crippen LogP contribution in [0.1, 0.15) is 63.3 Å². The molecular formula is C24H34N8. The smallest absolute Gasteiger partial charge is 0.176 e. The lowest BCUT2D eigenvalue weighted by atomic mass is 10.0. The van der Waals surface area contributed by atoms with Gasteiger partial charge in [0.1, 0.15) is 5.82 Å². The van der Waals surface area contributed by atoms with E-state index in [-0.39, 0.29) is 0 Å². The summed E-state index contributed by atoms with van der Waals surface area (Å²) in [7, 11) is 0. The number of allylic oxidation sites excluding steroid dienone is 1. The van der Waals surface area contributed by atoms with Gasteiger partial charge >= 0.3 is 0 Å². The zero-order valence-corrected chi connectivity index (χ0v) is 19.5. The molecule has 170 valence electrons. The zero-order valence-electron chi connectivity index (χ0n) is 19.5. The van der Waals surface area contributed by atoms with Gasteiger partial charge in [-0.2, -0.15) is 10.2 Å². The normalized spacial score (nSPS) is 11.0. The molecule has 0 aliphatic carbocycles. The number of rotatable bonds is 8. The van der Waals surface area contributed by atoms with Gasteiger partial charge in [-0.15, -0.1) is 0 Å². The zero-order chi connectivity index (χ0) is 23.5. The highest BCUT2D eigenvalue weighted by molar-refractivity contribution is 6.03. The molecule has 32 heavy (non-hydrogen) atoms. The molecule has 0 bridgehead atoms. The van der Waals surface area contributed by atoms with Crippen molar-refractivity contribution in [3.63, 3.8) is 0 Å². The maximum Gasteiger partial charge on any atom is 0.176 e. The first-order valence-corrected chi connectivity index (χ1v) is 11.0. The molecular weight excluding hydrogens is 400 g/mol. The first kappa shape index (κ1) is 24.7. The van der Waals surface area contributed by atoms with Gasteiger partial charge < -0.3 is 11.3 Å². The van der Waals surface area contributed by atoms with Gasteiger partial charge in [-0.05, 0) is 30.5 Å². The minimum atomic E-state index is 0.396. The number of hydrazone groups is 1. The molecule has 3 aromatic rings. The second-order valence-electron chi connectivity index (χ2n) is 7.10. The maximum atomic E-state index is 5.54. The number of aromatic nitrogens is 4. The average Bonchev–Trinajstić information content (AvgIpc) is 3.23. The van der Waals surface area contributed by atoms with E-state index in [1.54, 1.807) is 0 Å². The third-order valence-corrected chi connectivity index (χ3v) is 4.76. The van der Waals surface area contributed by atoms with E-state index in [4.69, 9.17) is 11.7 Å². The molecule has 0 fully saturated rings. The fourth-order valence-corrected chi connectivity index (χ4v) is 3.14. The minimum Gasteiger partial charge on any atom is -0.321 e. The molecule has 0 spiro atoms. The maximum absolute atomic E-state index is 5.54. The predicted molar refractivity (Wildman–Crippen MR) is 132 cm³/mol. The second kappa shape index (κ2) is 12.4. The molecule has 0 amide bonds. The van der Waals surface area contributed by atoms with Crippen LogP contribution < -0.4 is 17.1 Å². The number of nitrogens with two attached hydrogens (primary N) is 2. The molecule has 0 unspecified atom stereocenters. The van der Waals surface area contributed by atoms with Crippen LogP contribution in [0.3, 0.4) is 0 Å². The van der Waals surface area contributed by atoms with Crippen LogP contribution in [0.5, 0.6) is 0 Å². The van der Waals surface area contributed by atoms with E-state index in [0.717, 1.165) is 53.2 Å². The van der Waals surface area contributed by atoms with Gasteiger partial charge in [-0.25, -0.2) is 15.5 Å². The van der Waals surface area contributed by atoms with Crippen molar-refractivity contribution in [3.05, 3.63) is 71.9 Å². The van der Waals surface area contributed by atoms with Gasteiger partial charge in [-0.1, -0.05) is 64.1 Å². The van der Waals surface area contributed by atoms with E-state index >= 15 is 0 Å². The van der Waals surface area contributed by atoms with Gasteiger partial charge in [0.25, 0.3) is 0 Å². The fraction of sp³-hybridized carbons (Fsp3) is 0.333. The highest BCUT2D eigenvalue weighted by atomic mass is 15.3. The number of aryl methyl sites for hydroxylation is 1. The highest BCUT2D eigenvalue weighted by Gasteiger charge is 2.13. The Morgan fingerprint density at radius 1 is 1.19 bits per heavy atom. The lowest BCUT2D eigenvalue weighted by Crippen LogP contribution is -2.32. The topological polar surface area (TPSA) is 120 Å². The minimum absolute atomic E-state index is 0.396. The molecule has 0 saturated carbocycles. The Balaban J connectivity index is 0.00000176. The van der Waals surface area contributed by atoms with Crippen LogP contribution in [-0.2, 0) is 13.0 Å². The summed E-state index contributed by atoms with van der Waals surface area (Å²) in [6.07, 6.45) is 4.67. The van der Waals surface area contributed by atoms with E-state index in [2.05, 4.69) is 39.1 Å².